The van der Waals surface area contributed by atoms with Crippen molar-refractivity contribution in [1.82, 2.24) is 0 Å². The molecular weight excluding hydrogens is 256 g/mol. The maximum absolute atomic E-state index is 11.3. The molecule has 0 aromatic heterocycles. The third kappa shape index (κ3) is 2.69. The molecule has 0 saturated carbocycles. The van der Waals surface area contributed by atoms with Crippen molar-refractivity contribution in [3.63, 3.8) is 0 Å². The molecule has 1 aliphatic carbocycles. The van der Waals surface area contributed by atoms with Crippen molar-refractivity contribution in [2.45, 2.75) is 6.42 Å². The number of carbonyl (C=O) groups is 2. The minimum absolute atomic E-state index is 0.0413. The number of hydrogen-bond donors (Lipinski definition) is 2. The van der Waals surface area contributed by atoms with E-state index >= 15 is 0 Å². The van der Waals surface area contributed by atoms with Gasteiger partial charge < -0.3 is 10.2 Å². The lowest BCUT2D eigenvalue weighted by molar-refractivity contribution is -0.160. The van der Waals surface area contributed by atoms with E-state index in [9.17, 15) is 19.8 Å². The molecule has 0 amide bonds. The molecule has 0 bridgehead atoms. The van der Waals surface area contributed by atoms with Crippen LogP contribution in [-0.4, -0.2) is 22.2 Å². The van der Waals surface area contributed by atoms with Crippen molar-refractivity contribution in [3.05, 3.63) is 65.8 Å². The van der Waals surface area contributed by atoms with Crippen molar-refractivity contribution >= 4 is 18.0 Å². The van der Waals surface area contributed by atoms with E-state index in [0.29, 0.717) is 5.57 Å². The van der Waals surface area contributed by atoms with Crippen LogP contribution >= 0.6 is 0 Å². The average molecular weight is 270 g/mol. The van der Waals surface area contributed by atoms with Crippen LogP contribution in [0.4, 0.5) is 0 Å². The second-order valence-corrected chi connectivity index (χ2v) is 4.58. The molecule has 0 spiro atoms. The topological polar surface area (TPSA) is 74.6 Å². The summed E-state index contributed by atoms with van der Waals surface area (Å²) in [6, 6.07) is 9.50. The normalized spacial score (nSPS) is 16.9. The van der Waals surface area contributed by atoms with Gasteiger partial charge in [0.25, 0.3) is 0 Å². The smallest absolute Gasteiger partial charge is 0.325 e. The van der Waals surface area contributed by atoms with E-state index in [1.165, 1.54) is 6.08 Å². The molecule has 1 aliphatic rings. The first kappa shape index (κ1) is 13.8. The Kier molecular flexibility index (Phi) is 3.84. The molecular formula is C16H14O4. The Morgan fingerprint density at radius 1 is 1.05 bits per heavy atom. The van der Waals surface area contributed by atoms with Gasteiger partial charge in [0.1, 0.15) is 0 Å². The van der Waals surface area contributed by atoms with Crippen molar-refractivity contribution in [2.75, 3.05) is 0 Å². The molecule has 1 aromatic rings. The Morgan fingerprint density at radius 3 is 2.30 bits per heavy atom. The highest BCUT2D eigenvalue weighted by Crippen LogP contribution is 2.31. The van der Waals surface area contributed by atoms with E-state index < -0.39 is 17.4 Å². The van der Waals surface area contributed by atoms with Gasteiger partial charge in [0.05, 0.1) is 0 Å². The third-order valence-electron chi connectivity index (χ3n) is 3.19. The lowest BCUT2D eigenvalue weighted by Gasteiger charge is -2.22. The Labute approximate surface area is 116 Å². The minimum atomic E-state index is -1.87. The first-order valence-electron chi connectivity index (χ1n) is 6.14. The van der Waals surface area contributed by atoms with Crippen LogP contribution < -0.4 is 0 Å². The highest BCUT2D eigenvalue weighted by molar-refractivity contribution is 6.01. The highest BCUT2D eigenvalue weighted by atomic mass is 16.4. The summed E-state index contributed by atoms with van der Waals surface area (Å²) < 4.78 is 0. The maximum Gasteiger partial charge on any atom is 0.325 e. The first-order chi connectivity index (χ1) is 9.54. The monoisotopic (exact) mass is 270 g/mol. The van der Waals surface area contributed by atoms with E-state index in [2.05, 4.69) is 0 Å². The number of carboxylic acid groups (broad SMARTS) is 2. The van der Waals surface area contributed by atoms with E-state index in [1.54, 1.807) is 18.2 Å². The third-order valence-corrected chi connectivity index (χ3v) is 3.19. The van der Waals surface area contributed by atoms with Crippen LogP contribution in [0, 0.1) is 5.41 Å². The zero-order chi connectivity index (χ0) is 14.6. The summed E-state index contributed by atoms with van der Waals surface area (Å²) in [6.45, 7) is 0. The molecule has 0 fully saturated rings. The largest absolute Gasteiger partial charge is 0.480 e. The number of carboxylic acids is 2. The van der Waals surface area contributed by atoms with Gasteiger partial charge in [0.15, 0.2) is 5.41 Å². The van der Waals surface area contributed by atoms with E-state index in [0.717, 1.165) is 5.56 Å². The number of benzene rings is 1. The summed E-state index contributed by atoms with van der Waals surface area (Å²) in [5, 5.41) is 18.4. The Balaban J connectivity index is 2.30. The first-order valence-corrected chi connectivity index (χ1v) is 6.14. The fourth-order valence-corrected chi connectivity index (χ4v) is 2.02. The second kappa shape index (κ2) is 5.57. The molecule has 1 aromatic carbocycles. The van der Waals surface area contributed by atoms with Gasteiger partial charge in [-0.25, -0.2) is 0 Å². The summed E-state index contributed by atoms with van der Waals surface area (Å²) in [6.07, 6.45) is 8.08. The van der Waals surface area contributed by atoms with Gasteiger partial charge in [0, 0.05) is 0 Å². The lowest BCUT2D eigenvalue weighted by atomic mass is 9.79. The second-order valence-electron chi connectivity index (χ2n) is 4.58. The molecule has 0 radical (unpaired) electrons. The minimum Gasteiger partial charge on any atom is -0.480 e. The van der Waals surface area contributed by atoms with Gasteiger partial charge in [-0.1, -0.05) is 54.6 Å². The number of aliphatic carboxylic acids is 2. The summed E-state index contributed by atoms with van der Waals surface area (Å²) in [7, 11) is 0. The zero-order valence-corrected chi connectivity index (χ0v) is 10.7. The fourth-order valence-electron chi connectivity index (χ4n) is 2.02. The molecule has 2 N–H and O–H groups in total. The van der Waals surface area contributed by atoms with Gasteiger partial charge in [-0.05, 0) is 23.6 Å². The van der Waals surface area contributed by atoms with Crippen LogP contribution in [0.1, 0.15) is 12.0 Å². The fraction of sp³-hybridized carbons (Fsp3) is 0.125. The van der Waals surface area contributed by atoms with Gasteiger partial charge in [-0.15, -0.1) is 0 Å². The van der Waals surface area contributed by atoms with Gasteiger partial charge in [-0.2, -0.15) is 0 Å². The molecule has 20 heavy (non-hydrogen) atoms. The number of rotatable bonds is 4. The van der Waals surface area contributed by atoms with Crippen molar-refractivity contribution in [1.29, 1.82) is 0 Å². The maximum atomic E-state index is 11.3. The van der Waals surface area contributed by atoms with Crippen molar-refractivity contribution in [3.8, 4) is 0 Å². The molecule has 0 heterocycles. The van der Waals surface area contributed by atoms with Gasteiger partial charge >= 0.3 is 11.9 Å². The van der Waals surface area contributed by atoms with E-state index in [-0.39, 0.29) is 6.42 Å². The van der Waals surface area contributed by atoms with Gasteiger partial charge in [0.2, 0.25) is 0 Å². The number of allylic oxidation sites excluding steroid dienone is 4. The standard InChI is InChI=1S/C16H14O4/c17-14(18)16(15(19)20)10-4-7-13(11-16)9-8-12-5-2-1-3-6-12/h1-9,11H,10H2,(H,17,18)(H,19,20). The predicted octanol–water partition coefficient (Wildman–Crippen LogP) is 2.74. The van der Waals surface area contributed by atoms with E-state index in [4.69, 9.17) is 0 Å². The van der Waals surface area contributed by atoms with Crippen molar-refractivity contribution in [2.24, 2.45) is 5.41 Å². The lowest BCUT2D eigenvalue weighted by Crippen LogP contribution is -2.38. The van der Waals surface area contributed by atoms with Crippen molar-refractivity contribution < 1.29 is 19.8 Å². The van der Waals surface area contributed by atoms with Crippen LogP contribution in [-0.2, 0) is 9.59 Å². The average Bonchev–Trinajstić information content (AvgIpc) is 2.46. The van der Waals surface area contributed by atoms with Crippen LogP contribution in [0.3, 0.4) is 0 Å². The molecule has 102 valence electrons. The van der Waals surface area contributed by atoms with E-state index in [1.807, 2.05) is 36.4 Å². The highest BCUT2D eigenvalue weighted by Gasteiger charge is 2.44. The summed E-state index contributed by atoms with van der Waals surface area (Å²) in [5.74, 6) is -2.69. The number of hydrogen-bond acceptors (Lipinski definition) is 2. The molecule has 4 heteroatoms. The SMILES string of the molecule is O=C(O)C1(C(=O)O)C=C(C=Cc2ccccc2)C=CC1. The Hall–Kier alpha value is -2.62. The van der Waals surface area contributed by atoms with Crippen LogP contribution in [0.15, 0.2) is 60.2 Å². The zero-order valence-electron chi connectivity index (χ0n) is 10.7. The van der Waals surface area contributed by atoms with Crippen LogP contribution in [0.5, 0.6) is 0 Å². The Morgan fingerprint density at radius 2 is 1.70 bits per heavy atom. The van der Waals surface area contributed by atoms with Crippen LogP contribution in [0.2, 0.25) is 0 Å². The quantitative estimate of drug-likeness (QED) is 0.825. The Bertz CT molecular complexity index is 595. The molecule has 2 rings (SSSR count). The molecule has 4 nitrogen and oxygen atoms in total. The molecule has 0 saturated heterocycles. The van der Waals surface area contributed by atoms with Gasteiger partial charge in [-0.3, -0.25) is 9.59 Å². The summed E-state index contributed by atoms with van der Waals surface area (Å²) in [4.78, 5) is 22.5. The van der Waals surface area contributed by atoms with Crippen LogP contribution in [0.25, 0.3) is 6.08 Å². The predicted molar refractivity (Wildman–Crippen MR) is 75.0 cm³/mol. The molecule has 0 aliphatic heterocycles. The summed E-state index contributed by atoms with van der Waals surface area (Å²) >= 11 is 0. The molecule has 0 atom stereocenters. The summed E-state index contributed by atoms with van der Waals surface area (Å²) in [5.41, 5.74) is -0.334. The molecule has 0 unspecified atom stereocenters.